The fraction of sp³-hybridized carbons (Fsp3) is 0.462. The van der Waals surface area contributed by atoms with Crippen molar-refractivity contribution in [1.82, 2.24) is 0 Å². The van der Waals surface area contributed by atoms with Gasteiger partial charge in [-0.2, -0.15) is 5.26 Å². The van der Waals surface area contributed by atoms with Gasteiger partial charge in [-0.25, -0.2) is 0 Å². The van der Waals surface area contributed by atoms with E-state index in [1.165, 1.54) is 0 Å². The van der Waals surface area contributed by atoms with Gasteiger partial charge in [0.2, 0.25) is 6.79 Å². The Balaban J connectivity index is 1.99. The van der Waals surface area contributed by atoms with Gasteiger partial charge >= 0.3 is 0 Å². The molecule has 0 spiro atoms. The van der Waals surface area contributed by atoms with Crippen molar-refractivity contribution < 1.29 is 9.47 Å². The van der Waals surface area contributed by atoms with Crippen LogP contribution in [0.5, 0.6) is 11.5 Å². The molecular formula is C13H13NO2. The van der Waals surface area contributed by atoms with Gasteiger partial charge in [0, 0.05) is 0 Å². The van der Waals surface area contributed by atoms with E-state index < -0.39 is 0 Å². The highest BCUT2D eigenvalue weighted by Crippen LogP contribution is 2.56. The first-order valence-corrected chi connectivity index (χ1v) is 5.61. The highest BCUT2D eigenvalue weighted by atomic mass is 16.7. The average Bonchev–Trinajstić information content (AvgIpc) is 2.88. The Morgan fingerprint density at radius 1 is 1.44 bits per heavy atom. The number of nitriles is 1. The van der Waals surface area contributed by atoms with Crippen LogP contribution in [0.15, 0.2) is 18.2 Å². The van der Waals surface area contributed by atoms with Crippen LogP contribution in [0.3, 0.4) is 0 Å². The van der Waals surface area contributed by atoms with Crippen molar-refractivity contribution in [2.75, 3.05) is 6.79 Å². The third-order valence-electron chi connectivity index (χ3n) is 3.69. The van der Waals surface area contributed by atoms with Crippen LogP contribution >= 0.6 is 0 Å². The van der Waals surface area contributed by atoms with E-state index in [2.05, 4.69) is 13.0 Å². The van der Waals surface area contributed by atoms with Gasteiger partial charge in [-0.3, -0.25) is 0 Å². The summed E-state index contributed by atoms with van der Waals surface area (Å²) in [5.41, 5.74) is 0.807. The van der Waals surface area contributed by atoms with E-state index >= 15 is 0 Å². The monoisotopic (exact) mass is 215 g/mol. The van der Waals surface area contributed by atoms with E-state index in [0.29, 0.717) is 5.92 Å². The van der Waals surface area contributed by atoms with E-state index in [-0.39, 0.29) is 12.2 Å². The Morgan fingerprint density at radius 2 is 2.25 bits per heavy atom. The Kier molecular flexibility index (Phi) is 1.88. The second-order valence-electron chi connectivity index (χ2n) is 4.46. The third kappa shape index (κ3) is 1.13. The molecule has 0 saturated heterocycles. The number of benzene rings is 1. The molecule has 1 saturated carbocycles. The van der Waals surface area contributed by atoms with Gasteiger partial charge in [0.05, 0.1) is 11.5 Å². The van der Waals surface area contributed by atoms with Crippen molar-refractivity contribution in [3.05, 3.63) is 23.8 Å². The Hall–Kier alpha value is -1.69. The van der Waals surface area contributed by atoms with Crippen LogP contribution in [-0.2, 0) is 5.41 Å². The van der Waals surface area contributed by atoms with Crippen molar-refractivity contribution in [1.29, 1.82) is 5.26 Å². The van der Waals surface area contributed by atoms with E-state index in [4.69, 9.17) is 9.47 Å². The molecule has 0 bridgehead atoms. The summed E-state index contributed by atoms with van der Waals surface area (Å²) in [7, 11) is 0. The van der Waals surface area contributed by atoms with Crippen molar-refractivity contribution in [3.63, 3.8) is 0 Å². The van der Waals surface area contributed by atoms with Crippen LogP contribution < -0.4 is 9.47 Å². The maximum absolute atomic E-state index is 9.34. The molecule has 3 rings (SSSR count). The van der Waals surface area contributed by atoms with Gasteiger partial charge in [0.25, 0.3) is 0 Å². The topological polar surface area (TPSA) is 42.2 Å². The predicted octanol–water partition coefficient (Wildman–Crippen LogP) is 2.61. The molecule has 0 N–H and O–H groups in total. The minimum Gasteiger partial charge on any atom is -0.454 e. The lowest BCUT2D eigenvalue weighted by Crippen LogP contribution is -2.06. The molecule has 2 atom stereocenters. The molecular weight excluding hydrogens is 202 g/mol. The second-order valence-corrected chi connectivity index (χ2v) is 4.46. The molecule has 1 aromatic rings. The average molecular weight is 215 g/mol. The molecule has 1 aromatic carbocycles. The number of hydrogen-bond acceptors (Lipinski definition) is 3. The minimum atomic E-state index is -0.268. The molecule has 2 unspecified atom stereocenters. The molecule has 0 radical (unpaired) electrons. The first-order chi connectivity index (χ1) is 7.80. The first-order valence-electron chi connectivity index (χ1n) is 5.61. The summed E-state index contributed by atoms with van der Waals surface area (Å²) in [4.78, 5) is 0. The molecule has 16 heavy (non-hydrogen) atoms. The molecule has 82 valence electrons. The van der Waals surface area contributed by atoms with E-state index in [1.54, 1.807) is 0 Å². The molecule has 3 heteroatoms. The largest absolute Gasteiger partial charge is 0.454 e. The van der Waals surface area contributed by atoms with Crippen molar-refractivity contribution in [3.8, 4) is 17.6 Å². The zero-order chi connectivity index (χ0) is 11.2. The third-order valence-corrected chi connectivity index (χ3v) is 3.69. The van der Waals surface area contributed by atoms with Crippen LogP contribution in [0.1, 0.15) is 25.3 Å². The number of fused-ring (bicyclic) bond motifs is 1. The molecule has 2 aliphatic rings. The van der Waals surface area contributed by atoms with E-state index in [1.807, 2.05) is 18.2 Å². The fourth-order valence-electron chi connectivity index (χ4n) is 2.55. The molecule has 1 fully saturated rings. The number of hydrogen-bond donors (Lipinski definition) is 0. The predicted molar refractivity (Wildman–Crippen MR) is 58.3 cm³/mol. The number of rotatable bonds is 2. The van der Waals surface area contributed by atoms with Gasteiger partial charge in [-0.15, -0.1) is 0 Å². The SMILES string of the molecule is CCC1CC1(C#N)c1ccc2c(c1)OCO2. The zero-order valence-corrected chi connectivity index (χ0v) is 9.19. The smallest absolute Gasteiger partial charge is 0.231 e. The van der Waals surface area contributed by atoms with E-state index in [9.17, 15) is 5.26 Å². The zero-order valence-electron chi connectivity index (χ0n) is 9.19. The van der Waals surface area contributed by atoms with Crippen LogP contribution in [0.25, 0.3) is 0 Å². The van der Waals surface area contributed by atoms with Crippen LogP contribution in [0, 0.1) is 17.2 Å². The number of nitrogens with zero attached hydrogens (tertiary/aromatic N) is 1. The molecule has 0 amide bonds. The highest BCUT2D eigenvalue weighted by Gasteiger charge is 2.55. The van der Waals surface area contributed by atoms with Crippen LogP contribution in [0.2, 0.25) is 0 Å². The Morgan fingerprint density at radius 3 is 2.94 bits per heavy atom. The van der Waals surface area contributed by atoms with Crippen molar-refractivity contribution in [2.24, 2.45) is 5.92 Å². The normalized spacial score (nSPS) is 29.9. The summed E-state index contributed by atoms with van der Waals surface area (Å²) in [6, 6.07) is 8.32. The maximum atomic E-state index is 9.34. The van der Waals surface area contributed by atoms with Crippen molar-refractivity contribution in [2.45, 2.75) is 25.2 Å². The lowest BCUT2D eigenvalue weighted by molar-refractivity contribution is 0.174. The van der Waals surface area contributed by atoms with Gasteiger partial charge in [-0.05, 0) is 30.0 Å². The molecule has 1 heterocycles. The lowest BCUT2D eigenvalue weighted by Gasteiger charge is -2.09. The molecule has 1 aliphatic carbocycles. The standard InChI is InChI=1S/C13H13NO2/c1-2-9-6-13(9,7-14)10-3-4-11-12(5-10)16-8-15-11/h3-5,9H,2,6,8H2,1H3. The van der Waals surface area contributed by atoms with Crippen LogP contribution in [-0.4, -0.2) is 6.79 Å². The van der Waals surface area contributed by atoms with Gasteiger partial charge in [0.15, 0.2) is 11.5 Å². The van der Waals surface area contributed by atoms with Gasteiger partial charge in [-0.1, -0.05) is 19.4 Å². The van der Waals surface area contributed by atoms with Crippen molar-refractivity contribution >= 4 is 0 Å². The van der Waals surface area contributed by atoms with E-state index in [0.717, 1.165) is 29.9 Å². The Labute approximate surface area is 94.6 Å². The first kappa shape index (κ1) is 9.53. The fourth-order valence-corrected chi connectivity index (χ4v) is 2.55. The van der Waals surface area contributed by atoms with Gasteiger partial charge in [0.1, 0.15) is 0 Å². The maximum Gasteiger partial charge on any atom is 0.231 e. The number of ether oxygens (including phenoxy) is 2. The molecule has 1 aliphatic heterocycles. The summed E-state index contributed by atoms with van der Waals surface area (Å²) in [5.74, 6) is 2.05. The lowest BCUT2D eigenvalue weighted by atomic mass is 9.93. The quantitative estimate of drug-likeness (QED) is 0.761. The summed E-state index contributed by atoms with van der Waals surface area (Å²) < 4.78 is 10.6. The summed E-state index contributed by atoms with van der Waals surface area (Å²) in [6.07, 6.45) is 2.03. The summed E-state index contributed by atoms with van der Waals surface area (Å²) in [5, 5.41) is 9.34. The Bertz CT molecular complexity index is 477. The summed E-state index contributed by atoms with van der Waals surface area (Å²) >= 11 is 0. The summed E-state index contributed by atoms with van der Waals surface area (Å²) in [6.45, 7) is 2.42. The highest BCUT2D eigenvalue weighted by molar-refractivity contribution is 5.51. The second kappa shape index (κ2) is 3.15. The molecule has 3 nitrogen and oxygen atoms in total. The minimum absolute atomic E-state index is 0.268. The van der Waals surface area contributed by atoms with Gasteiger partial charge < -0.3 is 9.47 Å². The molecule has 0 aromatic heterocycles. The van der Waals surface area contributed by atoms with Crippen LogP contribution in [0.4, 0.5) is 0 Å².